The average Bonchev–Trinajstić information content (AvgIpc) is 2.48. The number of hydrogen-bond acceptors (Lipinski definition) is 2. The van der Waals surface area contributed by atoms with Gasteiger partial charge >= 0.3 is 0 Å². The van der Waals surface area contributed by atoms with E-state index in [0.29, 0.717) is 6.61 Å². The van der Waals surface area contributed by atoms with Gasteiger partial charge < -0.3 is 9.84 Å². The first-order chi connectivity index (χ1) is 10.1. The van der Waals surface area contributed by atoms with Crippen LogP contribution >= 0.6 is 0 Å². The molecule has 1 atom stereocenters. The van der Waals surface area contributed by atoms with Crippen LogP contribution in [0.3, 0.4) is 0 Å². The van der Waals surface area contributed by atoms with E-state index in [-0.39, 0.29) is 6.10 Å². The fourth-order valence-electron chi connectivity index (χ4n) is 2.97. The molecule has 0 fully saturated rings. The zero-order chi connectivity index (χ0) is 14.8. The molecule has 1 N–H and O–H groups in total. The minimum atomic E-state index is -0.304. The van der Waals surface area contributed by atoms with Gasteiger partial charge in [0.15, 0.2) is 0 Å². The monoisotopic (exact) mass is 282 g/mol. The molecule has 0 bridgehead atoms. The number of hydrogen-bond donors (Lipinski definition) is 1. The maximum absolute atomic E-state index is 9.99. The van der Waals surface area contributed by atoms with Crippen molar-refractivity contribution in [1.29, 1.82) is 0 Å². The largest absolute Gasteiger partial charge is 0.489 e. The second-order valence-electron chi connectivity index (χ2n) is 5.99. The summed E-state index contributed by atoms with van der Waals surface area (Å²) in [7, 11) is 0. The Hall–Kier alpha value is -1.80. The van der Waals surface area contributed by atoms with E-state index in [1.165, 1.54) is 22.3 Å². The fraction of sp³-hybridized carbons (Fsp3) is 0.368. The van der Waals surface area contributed by atoms with E-state index in [0.717, 1.165) is 30.6 Å². The summed E-state index contributed by atoms with van der Waals surface area (Å²) in [6.45, 7) is 4.80. The molecule has 1 unspecified atom stereocenters. The van der Waals surface area contributed by atoms with Gasteiger partial charge in [0.2, 0.25) is 0 Å². The van der Waals surface area contributed by atoms with Crippen molar-refractivity contribution in [2.75, 3.05) is 0 Å². The standard InChI is InChI=1S/C19H22O2/c1-13-6-7-14(2)16(10-13)12-21-17-8-9-18-15(11-17)4-3-5-19(18)20/h6-11,19-20H,3-5,12H2,1-2H3. The molecule has 0 saturated heterocycles. The Balaban J connectivity index is 1.75. The summed E-state index contributed by atoms with van der Waals surface area (Å²) in [5, 5.41) is 9.99. The number of ether oxygens (including phenoxy) is 1. The molecule has 1 aliphatic carbocycles. The van der Waals surface area contributed by atoms with Crippen molar-refractivity contribution in [3.63, 3.8) is 0 Å². The summed E-state index contributed by atoms with van der Waals surface area (Å²) in [6.07, 6.45) is 2.65. The van der Waals surface area contributed by atoms with Crippen molar-refractivity contribution in [2.24, 2.45) is 0 Å². The molecular formula is C19H22O2. The van der Waals surface area contributed by atoms with E-state index >= 15 is 0 Å². The zero-order valence-corrected chi connectivity index (χ0v) is 12.7. The summed E-state index contributed by atoms with van der Waals surface area (Å²) in [5.41, 5.74) is 6.04. The van der Waals surface area contributed by atoms with Gasteiger partial charge in [0, 0.05) is 0 Å². The number of aryl methyl sites for hydroxylation is 3. The smallest absolute Gasteiger partial charge is 0.120 e. The van der Waals surface area contributed by atoms with Crippen LogP contribution in [0.1, 0.15) is 46.8 Å². The number of aliphatic hydroxyl groups excluding tert-OH is 1. The third-order valence-corrected chi connectivity index (χ3v) is 4.30. The van der Waals surface area contributed by atoms with Crippen molar-refractivity contribution >= 4 is 0 Å². The quantitative estimate of drug-likeness (QED) is 0.911. The normalized spacial score (nSPS) is 17.4. The Bertz CT molecular complexity index is 646. The first kappa shape index (κ1) is 14.2. The van der Waals surface area contributed by atoms with Crippen LogP contribution in [0, 0.1) is 13.8 Å². The van der Waals surface area contributed by atoms with Gasteiger partial charge in [-0.2, -0.15) is 0 Å². The third-order valence-electron chi connectivity index (χ3n) is 4.30. The van der Waals surface area contributed by atoms with Gasteiger partial charge in [0.05, 0.1) is 6.10 Å². The van der Waals surface area contributed by atoms with Crippen LogP contribution in [0.15, 0.2) is 36.4 Å². The molecule has 21 heavy (non-hydrogen) atoms. The molecule has 0 radical (unpaired) electrons. The predicted molar refractivity (Wildman–Crippen MR) is 84.6 cm³/mol. The van der Waals surface area contributed by atoms with Crippen LogP contribution in [-0.4, -0.2) is 5.11 Å². The van der Waals surface area contributed by atoms with Gasteiger partial charge in [0.1, 0.15) is 12.4 Å². The van der Waals surface area contributed by atoms with Gasteiger partial charge in [-0.3, -0.25) is 0 Å². The molecule has 0 heterocycles. The van der Waals surface area contributed by atoms with E-state index in [1.54, 1.807) is 0 Å². The lowest BCUT2D eigenvalue weighted by Crippen LogP contribution is -2.09. The van der Waals surface area contributed by atoms with Crippen LogP contribution in [-0.2, 0) is 13.0 Å². The molecule has 2 aromatic carbocycles. The Morgan fingerprint density at radius 1 is 1.14 bits per heavy atom. The van der Waals surface area contributed by atoms with Crippen molar-refractivity contribution in [3.05, 3.63) is 64.2 Å². The summed E-state index contributed by atoms with van der Waals surface area (Å²) in [4.78, 5) is 0. The van der Waals surface area contributed by atoms with Crippen LogP contribution in [0.2, 0.25) is 0 Å². The molecule has 0 aliphatic heterocycles. The summed E-state index contributed by atoms with van der Waals surface area (Å²) in [6, 6.07) is 12.5. The Labute approximate surface area is 126 Å². The SMILES string of the molecule is Cc1ccc(C)c(COc2ccc3c(c2)CCCC3O)c1. The highest BCUT2D eigenvalue weighted by molar-refractivity contribution is 5.39. The van der Waals surface area contributed by atoms with Crippen molar-refractivity contribution < 1.29 is 9.84 Å². The van der Waals surface area contributed by atoms with Crippen LogP contribution in [0.4, 0.5) is 0 Å². The van der Waals surface area contributed by atoms with Crippen LogP contribution in [0.5, 0.6) is 5.75 Å². The summed E-state index contributed by atoms with van der Waals surface area (Å²) < 4.78 is 5.95. The minimum absolute atomic E-state index is 0.304. The van der Waals surface area contributed by atoms with Gasteiger partial charge in [-0.1, -0.05) is 29.8 Å². The van der Waals surface area contributed by atoms with E-state index in [4.69, 9.17) is 4.74 Å². The first-order valence-electron chi connectivity index (χ1n) is 7.63. The Kier molecular flexibility index (Phi) is 3.98. The topological polar surface area (TPSA) is 29.5 Å². The molecule has 0 spiro atoms. The molecule has 2 heteroatoms. The minimum Gasteiger partial charge on any atom is -0.489 e. The molecule has 0 aromatic heterocycles. The van der Waals surface area contributed by atoms with Crippen molar-refractivity contribution in [2.45, 2.75) is 45.8 Å². The molecule has 3 rings (SSSR count). The first-order valence-corrected chi connectivity index (χ1v) is 7.63. The zero-order valence-electron chi connectivity index (χ0n) is 12.7. The lowest BCUT2D eigenvalue weighted by Gasteiger charge is -2.22. The lowest BCUT2D eigenvalue weighted by molar-refractivity contribution is 0.156. The molecule has 2 aromatic rings. The lowest BCUT2D eigenvalue weighted by atomic mass is 9.89. The van der Waals surface area contributed by atoms with Gasteiger partial charge in [0.25, 0.3) is 0 Å². The van der Waals surface area contributed by atoms with Crippen molar-refractivity contribution in [1.82, 2.24) is 0 Å². The highest BCUT2D eigenvalue weighted by atomic mass is 16.5. The van der Waals surface area contributed by atoms with Gasteiger partial charge in [-0.25, -0.2) is 0 Å². The van der Waals surface area contributed by atoms with Crippen molar-refractivity contribution in [3.8, 4) is 5.75 Å². The number of fused-ring (bicyclic) bond motifs is 1. The maximum Gasteiger partial charge on any atom is 0.120 e. The summed E-state index contributed by atoms with van der Waals surface area (Å²) >= 11 is 0. The fourth-order valence-corrected chi connectivity index (χ4v) is 2.97. The van der Waals surface area contributed by atoms with E-state index in [9.17, 15) is 5.11 Å². The molecular weight excluding hydrogens is 260 g/mol. The van der Waals surface area contributed by atoms with Crippen LogP contribution < -0.4 is 4.74 Å². The molecule has 2 nitrogen and oxygen atoms in total. The summed E-state index contributed by atoms with van der Waals surface area (Å²) in [5.74, 6) is 0.892. The Morgan fingerprint density at radius 3 is 2.86 bits per heavy atom. The molecule has 1 aliphatic rings. The Morgan fingerprint density at radius 2 is 2.00 bits per heavy atom. The highest BCUT2D eigenvalue weighted by Crippen LogP contribution is 2.32. The third kappa shape index (κ3) is 3.11. The predicted octanol–water partition coefficient (Wildman–Crippen LogP) is 4.25. The average molecular weight is 282 g/mol. The molecule has 0 amide bonds. The second kappa shape index (κ2) is 5.90. The number of benzene rings is 2. The van der Waals surface area contributed by atoms with E-state index in [2.05, 4.69) is 38.1 Å². The van der Waals surface area contributed by atoms with Gasteiger partial charge in [-0.05, 0) is 67.5 Å². The van der Waals surface area contributed by atoms with Gasteiger partial charge in [-0.15, -0.1) is 0 Å². The second-order valence-corrected chi connectivity index (χ2v) is 5.99. The van der Waals surface area contributed by atoms with E-state index < -0.39 is 0 Å². The molecule has 110 valence electrons. The van der Waals surface area contributed by atoms with Crippen LogP contribution in [0.25, 0.3) is 0 Å². The number of rotatable bonds is 3. The van der Waals surface area contributed by atoms with E-state index in [1.807, 2.05) is 12.1 Å². The highest BCUT2D eigenvalue weighted by Gasteiger charge is 2.18. The molecule has 0 saturated carbocycles. The number of aliphatic hydroxyl groups is 1. The maximum atomic E-state index is 9.99.